The number of hydrogen-bond donors (Lipinski definition) is 1. The Kier molecular flexibility index (Phi) is 3.85. The van der Waals surface area contributed by atoms with Crippen molar-refractivity contribution in [1.82, 2.24) is 9.78 Å². The molecule has 4 nitrogen and oxygen atoms in total. The highest BCUT2D eigenvalue weighted by Gasteiger charge is 2.30. The first-order valence-electron chi connectivity index (χ1n) is 5.45. The maximum atomic E-state index is 12.6. The van der Waals surface area contributed by atoms with E-state index in [1.165, 1.54) is 16.8 Å². The van der Waals surface area contributed by atoms with Crippen LogP contribution in [0.25, 0.3) is 0 Å². The van der Waals surface area contributed by atoms with Gasteiger partial charge >= 0.3 is 6.18 Å². The summed E-state index contributed by atoms with van der Waals surface area (Å²) in [5.41, 5.74) is -0.664. The number of halogens is 4. The summed E-state index contributed by atoms with van der Waals surface area (Å²) in [6.45, 7) is 0. The van der Waals surface area contributed by atoms with Crippen molar-refractivity contribution < 1.29 is 18.0 Å². The molecule has 8 heteroatoms. The molecule has 2 rings (SSSR count). The van der Waals surface area contributed by atoms with Gasteiger partial charge in [-0.3, -0.25) is 9.48 Å². The van der Waals surface area contributed by atoms with E-state index in [1.807, 2.05) is 0 Å². The van der Waals surface area contributed by atoms with E-state index in [1.54, 1.807) is 13.2 Å². The maximum absolute atomic E-state index is 12.6. The number of nitrogens with one attached hydrogen (secondary N) is 1. The van der Waals surface area contributed by atoms with Gasteiger partial charge in [0.25, 0.3) is 5.91 Å². The van der Waals surface area contributed by atoms with Crippen molar-refractivity contribution in [2.75, 3.05) is 5.32 Å². The van der Waals surface area contributed by atoms with Crippen LogP contribution in [-0.4, -0.2) is 15.7 Å². The van der Waals surface area contributed by atoms with Crippen LogP contribution in [-0.2, 0) is 13.2 Å². The molecule has 0 aliphatic rings. The third-order valence-electron chi connectivity index (χ3n) is 2.45. The number of anilines is 1. The molecule has 0 saturated carbocycles. The first-order chi connectivity index (χ1) is 9.27. The normalized spacial score (nSPS) is 11.4. The number of benzene rings is 1. The van der Waals surface area contributed by atoms with Crippen LogP contribution in [0, 0.1) is 0 Å². The zero-order valence-corrected chi connectivity index (χ0v) is 11.8. The Morgan fingerprint density at radius 2 is 2.10 bits per heavy atom. The number of carbonyl (C=O) groups is 1. The number of rotatable bonds is 2. The molecule has 0 saturated heterocycles. The monoisotopic (exact) mass is 347 g/mol. The van der Waals surface area contributed by atoms with Crippen molar-refractivity contribution in [2.24, 2.45) is 7.05 Å². The van der Waals surface area contributed by atoms with E-state index in [0.717, 1.165) is 12.1 Å². The Balaban J connectivity index is 2.22. The van der Waals surface area contributed by atoms with Gasteiger partial charge in [-0.1, -0.05) is 6.07 Å². The van der Waals surface area contributed by atoms with Crippen LogP contribution in [0.2, 0.25) is 0 Å². The summed E-state index contributed by atoms with van der Waals surface area (Å²) in [5.74, 6) is -0.586. The number of aryl methyl sites for hydroxylation is 1. The van der Waals surface area contributed by atoms with Crippen LogP contribution < -0.4 is 5.32 Å². The van der Waals surface area contributed by atoms with Gasteiger partial charge in [-0.05, 0) is 34.1 Å². The molecular weight excluding hydrogens is 339 g/mol. The fourth-order valence-corrected chi connectivity index (χ4v) is 2.13. The summed E-state index contributed by atoms with van der Waals surface area (Å²) in [5, 5.41) is 6.29. The summed E-state index contributed by atoms with van der Waals surface area (Å²) in [6.07, 6.45) is -2.88. The molecule has 0 aliphatic carbocycles. The van der Waals surface area contributed by atoms with E-state index in [4.69, 9.17) is 0 Å². The fraction of sp³-hybridized carbons (Fsp3) is 0.167. The van der Waals surface area contributed by atoms with E-state index in [2.05, 4.69) is 26.3 Å². The topological polar surface area (TPSA) is 46.9 Å². The van der Waals surface area contributed by atoms with Gasteiger partial charge in [0.2, 0.25) is 0 Å². The Morgan fingerprint density at radius 3 is 2.65 bits per heavy atom. The zero-order valence-electron chi connectivity index (χ0n) is 10.2. The quantitative estimate of drug-likeness (QED) is 0.904. The van der Waals surface area contributed by atoms with E-state index in [9.17, 15) is 18.0 Å². The Bertz CT molecular complexity index is 652. The second-order valence-electron chi connectivity index (χ2n) is 4.03. The largest absolute Gasteiger partial charge is 0.416 e. The third kappa shape index (κ3) is 3.19. The van der Waals surface area contributed by atoms with Crippen molar-refractivity contribution in [3.05, 3.63) is 46.2 Å². The van der Waals surface area contributed by atoms with Gasteiger partial charge in [-0.15, -0.1) is 0 Å². The second kappa shape index (κ2) is 5.28. The molecule has 0 radical (unpaired) electrons. The Hall–Kier alpha value is -1.83. The summed E-state index contributed by atoms with van der Waals surface area (Å²) in [4.78, 5) is 11.9. The minimum absolute atomic E-state index is 0.0578. The molecule has 1 aromatic carbocycles. The van der Waals surface area contributed by atoms with Gasteiger partial charge in [0.05, 0.1) is 10.0 Å². The molecule has 0 atom stereocenters. The van der Waals surface area contributed by atoms with Gasteiger partial charge in [0.1, 0.15) is 0 Å². The highest BCUT2D eigenvalue weighted by atomic mass is 79.9. The summed E-state index contributed by atoms with van der Waals surface area (Å²) in [7, 11) is 1.63. The number of hydrogen-bond acceptors (Lipinski definition) is 2. The lowest BCUT2D eigenvalue weighted by Crippen LogP contribution is -2.14. The minimum atomic E-state index is -4.45. The lowest BCUT2D eigenvalue weighted by Gasteiger charge is -2.09. The number of carbonyl (C=O) groups excluding carboxylic acids is 1. The number of alkyl halides is 3. The first-order valence-corrected chi connectivity index (χ1v) is 6.24. The Morgan fingerprint density at radius 1 is 1.40 bits per heavy atom. The fourth-order valence-electron chi connectivity index (χ4n) is 1.58. The zero-order chi connectivity index (χ0) is 14.9. The number of aromatic nitrogens is 2. The summed E-state index contributed by atoms with van der Waals surface area (Å²) in [6, 6.07) is 4.41. The molecule has 1 N–H and O–H groups in total. The van der Waals surface area contributed by atoms with Crippen LogP contribution in [0.15, 0.2) is 34.9 Å². The number of nitrogens with zero attached hydrogens (tertiary/aromatic N) is 2. The molecule has 2 aromatic rings. The van der Waals surface area contributed by atoms with Crippen LogP contribution in [0.1, 0.15) is 16.1 Å². The highest BCUT2D eigenvalue weighted by molar-refractivity contribution is 9.10. The van der Waals surface area contributed by atoms with Crippen molar-refractivity contribution in [2.45, 2.75) is 6.18 Å². The van der Waals surface area contributed by atoms with Crippen LogP contribution >= 0.6 is 15.9 Å². The molecule has 0 bridgehead atoms. The lowest BCUT2D eigenvalue weighted by molar-refractivity contribution is -0.137. The van der Waals surface area contributed by atoms with E-state index >= 15 is 0 Å². The van der Waals surface area contributed by atoms with Gasteiger partial charge in [0, 0.05) is 18.9 Å². The van der Waals surface area contributed by atoms with Gasteiger partial charge in [-0.2, -0.15) is 18.3 Å². The molecule has 0 aliphatic heterocycles. The molecular formula is C12H9BrF3N3O. The smallest absolute Gasteiger partial charge is 0.321 e. The summed E-state index contributed by atoms with van der Waals surface area (Å²) >= 11 is 3.15. The predicted molar refractivity (Wildman–Crippen MR) is 70.3 cm³/mol. The molecule has 1 heterocycles. The lowest BCUT2D eigenvalue weighted by atomic mass is 10.2. The van der Waals surface area contributed by atoms with E-state index in [-0.39, 0.29) is 11.4 Å². The molecule has 0 spiro atoms. The van der Waals surface area contributed by atoms with Gasteiger partial charge in [0.15, 0.2) is 5.69 Å². The standard InChI is InChI=1S/C12H9BrF3N3O/c1-19-6-9(13)10(18-19)11(20)17-8-4-2-3-7(5-8)12(14,15)16/h2-6H,1H3,(H,17,20). The highest BCUT2D eigenvalue weighted by Crippen LogP contribution is 2.30. The van der Waals surface area contributed by atoms with Crippen molar-refractivity contribution in [3.8, 4) is 0 Å². The van der Waals surface area contributed by atoms with Crippen molar-refractivity contribution in [3.63, 3.8) is 0 Å². The second-order valence-corrected chi connectivity index (χ2v) is 4.89. The molecule has 0 fully saturated rings. The maximum Gasteiger partial charge on any atom is 0.416 e. The average Bonchev–Trinajstić information content (AvgIpc) is 2.68. The predicted octanol–water partition coefficient (Wildman–Crippen LogP) is 3.45. The van der Waals surface area contributed by atoms with Gasteiger partial charge in [-0.25, -0.2) is 0 Å². The van der Waals surface area contributed by atoms with Crippen LogP contribution in [0.4, 0.5) is 18.9 Å². The van der Waals surface area contributed by atoms with E-state index < -0.39 is 17.6 Å². The molecule has 0 unspecified atom stereocenters. The van der Waals surface area contributed by atoms with Crippen LogP contribution in [0.3, 0.4) is 0 Å². The number of amides is 1. The molecule has 106 valence electrons. The summed E-state index contributed by atoms with van der Waals surface area (Å²) < 4.78 is 39.6. The van der Waals surface area contributed by atoms with Crippen molar-refractivity contribution in [1.29, 1.82) is 0 Å². The first kappa shape index (κ1) is 14.6. The van der Waals surface area contributed by atoms with Crippen molar-refractivity contribution >= 4 is 27.5 Å². The Labute approximate surface area is 120 Å². The molecule has 1 amide bonds. The molecule has 1 aromatic heterocycles. The minimum Gasteiger partial charge on any atom is -0.321 e. The van der Waals surface area contributed by atoms with Gasteiger partial charge < -0.3 is 5.32 Å². The van der Waals surface area contributed by atoms with Crippen LogP contribution in [0.5, 0.6) is 0 Å². The van der Waals surface area contributed by atoms with E-state index in [0.29, 0.717) is 4.47 Å². The SMILES string of the molecule is Cn1cc(Br)c(C(=O)Nc2cccc(C(F)(F)F)c2)n1. The molecule has 20 heavy (non-hydrogen) atoms. The third-order valence-corrected chi connectivity index (χ3v) is 3.03. The average molecular weight is 348 g/mol.